The number of rotatable bonds is 6. The summed E-state index contributed by atoms with van der Waals surface area (Å²) in [5.41, 5.74) is 1.79. The Kier molecular flexibility index (Phi) is 5.79. The smallest absolute Gasteiger partial charge is 0.251 e. The number of H-pyrrole nitrogens is 1. The standard InChI is InChI=1S/C17H15FN4O2S2/c1-10-8-25-16(19-10)21-14(23)6-13-7-15(24)22-17(20-13)26-9-11-2-4-12(18)5-3-11/h2-5,7-8H,6,9H2,1H3,(H,19,21,23)(H,20,22,24). The van der Waals surface area contributed by atoms with E-state index >= 15 is 0 Å². The number of thiazole rings is 1. The molecule has 9 heteroatoms. The summed E-state index contributed by atoms with van der Waals surface area (Å²) in [4.78, 5) is 35.0. The highest BCUT2D eigenvalue weighted by Gasteiger charge is 2.10. The highest BCUT2D eigenvalue weighted by molar-refractivity contribution is 7.98. The van der Waals surface area contributed by atoms with Crippen LogP contribution >= 0.6 is 23.1 Å². The number of thioether (sulfide) groups is 1. The Morgan fingerprint density at radius 3 is 2.77 bits per heavy atom. The van der Waals surface area contributed by atoms with Crippen LogP contribution in [-0.2, 0) is 17.0 Å². The Hall–Kier alpha value is -2.52. The topological polar surface area (TPSA) is 87.7 Å². The van der Waals surface area contributed by atoms with E-state index in [0.29, 0.717) is 21.7 Å². The highest BCUT2D eigenvalue weighted by atomic mass is 32.2. The van der Waals surface area contributed by atoms with Gasteiger partial charge in [0.1, 0.15) is 5.82 Å². The third-order valence-corrected chi connectivity index (χ3v) is 5.09. The molecule has 0 radical (unpaired) electrons. The Labute approximate surface area is 156 Å². The molecule has 3 aromatic rings. The van der Waals surface area contributed by atoms with Crippen LogP contribution in [0.15, 0.2) is 45.7 Å². The minimum atomic E-state index is -0.325. The van der Waals surface area contributed by atoms with Gasteiger partial charge in [0.05, 0.1) is 17.8 Å². The number of aryl methyl sites for hydroxylation is 1. The number of hydrogen-bond acceptors (Lipinski definition) is 6. The monoisotopic (exact) mass is 390 g/mol. The van der Waals surface area contributed by atoms with Gasteiger partial charge in [-0.3, -0.25) is 9.59 Å². The molecule has 0 aliphatic rings. The molecule has 0 fully saturated rings. The van der Waals surface area contributed by atoms with Crippen molar-refractivity contribution in [3.05, 3.63) is 68.8 Å². The van der Waals surface area contributed by atoms with Crippen molar-refractivity contribution in [3.63, 3.8) is 0 Å². The van der Waals surface area contributed by atoms with Crippen molar-refractivity contribution in [2.45, 2.75) is 24.3 Å². The summed E-state index contributed by atoms with van der Waals surface area (Å²) in [6.07, 6.45) is -0.0212. The quantitative estimate of drug-likeness (QED) is 0.499. The van der Waals surface area contributed by atoms with E-state index < -0.39 is 0 Å². The summed E-state index contributed by atoms with van der Waals surface area (Å²) in [6.45, 7) is 1.84. The van der Waals surface area contributed by atoms with Crippen LogP contribution in [0.2, 0.25) is 0 Å². The van der Waals surface area contributed by atoms with Crippen LogP contribution in [0.3, 0.4) is 0 Å². The predicted octanol–water partition coefficient (Wildman–Crippen LogP) is 3.15. The lowest BCUT2D eigenvalue weighted by atomic mass is 10.2. The summed E-state index contributed by atoms with van der Waals surface area (Å²) in [5, 5.41) is 5.45. The minimum Gasteiger partial charge on any atom is -0.302 e. The maximum Gasteiger partial charge on any atom is 0.251 e. The minimum absolute atomic E-state index is 0.0212. The zero-order chi connectivity index (χ0) is 18.5. The van der Waals surface area contributed by atoms with Gasteiger partial charge in [0.25, 0.3) is 5.56 Å². The van der Waals surface area contributed by atoms with Gasteiger partial charge in [-0.15, -0.1) is 11.3 Å². The Morgan fingerprint density at radius 1 is 1.31 bits per heavy atom. The number of anilines is 1. The van der Waals surface area contributed by atoms with Gasteiger partial charge in [-0.1, -0.05) is 23.9 Å². The molecule has 3 rings (SSSR count). The summed E-state index contributed by atoms with van der Waals surface area (Å²) in [5.74, 6) is -0.0577. The number of hydrogen-bond donors (Lipinski definition) is 2. The van der Waals surface area contributed by atoms with Crippen LogP contribution in [0.5, 0.6) is 0 Å². The van der Waals surface area contributed by atoms with Crippen molar-refractivity contribution in [1.29, 1.82) is 0 Å². The van der Waals surface area contributed by atoms with E-state index in [9.17, 15) is 14.0 Å². The number of carbonyl (C=O) groups excluding carboxylic acids is 1. The summed E-state index contributed by atoms with van der Waals surface area (Å²) >= 11 is 2.65. The molecule has 0 atom stereocenters. The van der Waals surface area contributed by atoms with E-state index in [2.05, 4.69) is 20.3 Å². The van der Waals surface area contributed by atoms with Crippen molar-refractivity contribution in [2.24, 2.45) is 0 Å². The number of nitrogens with one attached hydrogen (secondary N) is 2. The number of halogens is 1. The highest BCUT2D eigenvalue weighted by Crippen LogP contribution is 2.19. The molecule has 0 spiro atoms. The summed E-state index contributed by atoms with van der Waals surface area (Å²) in [6, 6.07) is 7.41. The van der Waals surface area contributed by atoms with Gasteiger partial charge < -0.3 is 10.3 Å². The van der Waals surface area contributed by atoms with Crippen molar-refractivity contribution in [3.8, 4) is 0 Å². The van der Waals surface area contributed by atoms with Gasteiger partial charge in [0.2, 0.25) is 5.91 Å². The SMILES string of the molecule is Cc1csc(NC(=O)Cc2cc(=O)[nH]c(SCc3ccc(F)cc3)n2)n1. The summed E-state index contributed by atoms with van der Waals surface area (Å²) < 4.78 is 12.9. The fourth-order valence-electron chi connectivity index (χ4n) is 2.11. The van der Waals surface area contributed by atoms with Gasteiger partial charge in [0.15, 0.2) is 10.3 Å². The molecule has 0 aliphatic heterocycles. The van der Waals surface area contributed by atoms with Gasteiger partial charge in [-0.25, -0.2) is 14.4 Å². The first-order valence-electron chi connectivity index (χ1n) is 7.67. The maximum absolute atomic E-state index is 12.9. The largest absolute Gasteiger partial charge is 0.302 e. The van der Waals surface area contributed by atoms with Crippen molar-refractivity contribution < 1.29 is 9.18 Å². The predicted molar refractivity (Wildman–Crippen MR) is 100 cm³/mol. The molecule has 2 N–H and O–H groups in total. The molecule has 0 aliphatic carbocycles. The molecule has 0 unspecified atom stereocenters. The first-order valence-corrected chi connectivity index (χ1v) is 9.54. The number of benzene rings is 1. The van der Waals surface area contributed by atoms with Crippen molar-refractivity contribution in [2.75, 3.05) is 5.32 Å². The second kappa shape index (κ2) is 8.24. The maximum atomic E-state index is 12.9. The molecule has 6 nitrogen and oxygen atoms in total. The molecule has 1 aromatic carbocycles. The molecule has 0 bridgehead atoms. The second-order valence-electron chi connectivity index (χ2n) is 5.48. The van der Waals surface area contributed by atoms with Gasteiger partial charge in [0, 0.05) is 17.2 Å². The Bertz CT molecular complexity index is 969. The third kappa shape index (κ3) is 5.24. The summed E-state index contributed by atoms with van der Waals surface area (Å²) in [7, 11) is 0. The lowest BCUT2D eigenvalue weighted by Gasteiger charge is -2.05. The van der Waals surface area contributed by atoms with Crippen molar-refractivity contribution >= 4 is 34.1 Å². The van der Waals surface area contributed by atoms with Crippen molar-refractivity contribution in [1.82, 2.24) is 15.0 Å². The Balaban J connectivity index is 1.64. The molecule has 2 aromatic heterocycles. The van der Waals surface area contributed by atoms with Gasteiger partial charge in [-0.2, -0.15) is 0 Å². The van der Waals surface area contributed by atoms with Gasteiger partial charge in [-0.05, 0) is 24.6 Å². The fraction of sp³-hybridized carbons (Fsp3) is 0.176. The molecule has 1 amide bonds. The van der Waals surface area contributed by atoms with E-state index in [1.165, 1.54) is 41.3 Å². The lowest BCUT2D eigenvalue weighted by molar-refractivity contribution is -0.115. The Morgan fingerprint density at radius 2 is 2.08 bits per heavy atom. The first-order chi connectivity index (χ1) is 12.5. The zero-order valence-electron chi connectivity index (χ0n) is 13.8. The number of nitrogens with zero attached hydrogens (tertiary/aromatic N) is 2. The first kappa shape index (κ1) is 18.3. The third-order valence-electron chi connectivity index (χ3n) is 3.27. The van der Waals surface area contributed by atoms with Crippen LogP contribution in [0.4, 0.5) is 9.52 Å². The van der Waals surface area contributed by atoms with Crippen LogP contribution in [0, 0.1) is 12.7 Å². The van der Waals surface area contributed by atoms with E-state index in [0.717, 1.165) is 11.3 Å². The number of aromatic amines is 1. The zero-order valence-corrected chi connectivity index (χ0v) is 15.4. The van der Waals surface area contributed by atoms with Gasteiger partial charge >= 0.3 is 0 Å². The molecule has 0 saturated heterocycles. The second-order valence-corrected chi connectivity index (χ2v) is 7.30. The van der Waals surface area contributed by atoms with E-state index in [4.69, 9.17) is 0 Å². The van der Waals surface area contributed by atoms with Crippen LogP contribution in [0.25, 0.3) is 0 Å². The van der Waals surface area contributed by atoms with E-state index in [-0.39, 0.29) is 23.7 Å². The number of aromatic nitrogens is 3. The molecule has 2 heterocycles. The number of carbonyl (C=O) groups is 1. The normalized spacial score (nSPS) is 10.7. The van der Waals surface area contributed by atoms with Crippen LogP contribution in [0.1, 0.15) is 17.0 Å². The molecule has 134 valence electrons. The van der Waals surface area contributed by atoms with Crippen LogP contribution in [-0.4, -0.2) is 20.9 Å². The van der Waals surface area contributed by atoms with E-state index in [1.807, 2.05) is 12.3 Å². The molecular weight excluding hydrogens is 375 g/mol. The molecule has 26 heavy (non-hydrogen) atoms. The number of amides is 1. The lowest BCUT2D eigenvalue weighted by Crippen LogP contribution is -2.18. The average molecular weight is 390 g/mol. The van der Waals surface area contributed by atoms with E-state index in [1.54, 1.807) is 12.1 Å². The molecule has 0 saturated carbocycles. The molecular formula is C17H15FN4O2S2. The fourth-order valence-corrected chi connectivity index (χ4v) is 3.67. The van der Waals surface area contributed by atoms with Crippen LogP contribution < -0.4 is 10.9 Å². The average Bonchev–Trinajstić information content (AvgIpc) is 2.98.